The second kappa shape index (κ2) is 7.33. The largest absolute Gasteiger partial charge is 0.454 e. The fourth-order valence-corrected chi connectivity index (χ4v) is 2.68. The molecule has 27 heavy (non-hydrogen) atoms. The minimum Gasteiger partial charge on any atom is -0.454 e. The van der Waals surface area contributed by atoms with E-state index in [0.717, 1.165) is 11.4 Å². The molecule has 1 amide bonds. The number of nitrogens with zero attached hydrogens (tertiary/aromatic N) is 1. The van der Waals surface area contributed by atoms with Crippen molar-refractivity contribution in [2.45, 2.75) is 6.42 Å². The molecule has 0 aliphatic carbocycles. The number of benzene rings is 2. The molecule has 0 fully saturated rings. The van der Waals surface area contributed by atoms with Gasteiger partial charge in [-0.3, -0.25) is 4.79 Å². The quantitative estimate of drug-likeness (QED) is 0.718. The SMILES string of the molecule is O=C(Cc1ccccc1F)Nc1ccc(Nc2ccc3c(c2)OCO3)cn1. The fourth-order valence-electron chi connectivity index (χ4n) is 2.68. The van der Waals surface area contributed by atoms with Crippen molar-refractivity contribution in [2.24, 2.45) is 0 Å². The number of fused-ring (bicyclic) bond motifs is 1. The topological polar surface area (TPSA) is 72.5 Å². The highest BCUT2D eigenvalue weighted by Crippen LogP contribution is 2.35. The lowest BCUT2D eigenvalue weighted by atomic mass is 10.1. The Labute approximate surface area is 155 Å². The molecule has 0 spiro atoms. The molecule has 2 heterocycles. The van der Waals surface area contributed by atoms with Crippen molar-refractivity contribution in [3.63, 3.8) is 0 Å². The Balaban J connectivity index is 1.37. The smallest absolute Gasteiger partial charge is 0.231 e. The summed E-state index contributed by atoms with van der Waals surface area (Å²) < 4.78 is 24.2. The molecule has 0 unspecified atom stereocenters. The van der Waals surface area contributed by atoms with E-state index in [4.69, 9.17) is 9.47 Å². The molecule has 2 aromatic carbocycles. The van der Waals surface area contributed by atoms with Crippen molar-refractivity contribution in [1.29, 1.82) is 0 Å². The summed E-state index contributed by atoms with van der Waals surface area (Å²) in [4.78, 5) is 16.3. The normalized spacial score (nSPS) is 11.9. The zero-order valence-corrected chi connectivity index (χ0v) is 14.2. The van der Waals surface area contributed by atoms with Crippen molar-refractivity contribution in [3.8, 4) is 11.5 Å². The maximum absolute atomic E-state index is 13.6. The van der Waals surface area contributed by atoms with Crippen LogP contribution in [0.2, 0.25) is 0 Å². The average Bonchev–Trinajstić information content (AvgIpc) is 3.13. The van der Waals surface area contributed by atoms with E-state index >= 15 is 0 Å². The van der Waals surface area contributed by atoms with Gasteiger partial charge in [0, 0.05) is 11.8 Å². The Morgan fingerprint density at radius 3 is 2.67 bits per heavy atom. The van der Waals surface area contributed by atoms with Crippen LogP contribution in [0.5, 0.6) is 11.5 Å². The number of hydrogen-bond donors (Lipinski definition) is 2. The number of carbonyl (C=O) groups excluding carboxylic acids is 1. The lowest BCUT2D eigenvalue weighted by molar-refractivity contribution is -0.115. The lowest BCUT2D eigenvalue weighted by Gasteiger charge is -2.09. The first-order chi connectivity index (χ1) is 13.2. The summed E-state index contributed by atoms with van der Waals surface area (Å²) >= 11 is 0. The van der Waals surface area contributed by atoms with E-state index in [9.17, 15) is 9.18 Å². The molecule has 3 aromatic rings. The Morgan fingerprint density at radius 2 is 1.85 bits per heavy atom. The third-order valence-corrected chi connectivity index (χ3v) is 4.00. The van der Waals surface area contributed by atoms with Crippen molar-refractivity contribution < 1.29 is 18.7 Å². The number of rotatable bonds is 5. The molecule has 1 aliphatic rings. The third-order valence-electron chi connectivity index (χ3n) is 4.00. The molecule has 1 aliphatic heterocycles. The first-order valence-corrected chi connectivity index (χ1v) is 8.33. The van der Waals surface area contributed by atoms with E-state index < -0.39 is 5.82 Å². The summed E-state index contributed by atoms with van der Waals surface area (Å²) in [6, 6.07) is 15.2. The highest BCUT2D eigenvalue weighted by atomic mass is 19.1. The third kappa shape index (κ3) is 3.98. The van der Waals surface area contributed by atoms with Crippen molar-refractivity contribution >= 4 is 23.1 Å². The molecule has 7 heteroatoms. The van der Waals surface area contributed by atoms with E-state index in [2.05, 4.69) is 15.6 Å². The number of pyridine rings is 1. The maximum atomic E-state index is 13.6. The summed E-state index contributed by atoms with van der Waals surface area (Å²) in [7, 11) is 0. The van der Waals surface area contributed by atoms with E-state index in [1.54, 1.807) is 36.5 Å². The van der Waals surface area contributed by atoms with Gasteiger partial charge in [-0.25, -0.2) is 9.37 Å². The molecule has 0 bridgehead atoms. The molecule has 0 radical (unpaired) electrons. The van der Waals surface area contributed by atoms with E-state index in [1.807, 2.05) is 18.2 Å². The van der Waals surface area contributed by atoms with Crippen LogP contribution in [0.1, 0.15) is 5.56 Å². The van der Waals surface area contributed by atoms with Crippen LogP contribution in [0.15, 0.2) is 60.8 Å². The van der Waals surface area contributed by atoms with Crippen molar-refractivity contribution in [2.75, 3.05) is 17.4 Å². The summed E-state index contributed by atoms with van der Waals surface area (Å²) in [5, 5.41) is 5.86. The van der Waals surface area contributed by atoms with Gasteiger partial charge >= 0.3 is 0 Å². The number of anilines is 3. The highest BCUT2D eigenvalue weighted by molar-refractivity contribution is 5.91. The monoisotopic (exact) mass is 365 g/mol. The van der Waals surface area contributed by atoms with Gasteiger partial charge in [-0.15, -0.1) is 0 Å². The molecule has 6 nitrogen and oxygen atoms in total. The van der Waals surface area contributed by atoms with Crippen LogP contribution in [-0.4, -0.2) is 17.7 Å². The number of carbonyl (C=O) groups is 1. The van der Waals surface area contributed by atoms with Gasteiger partial charge in [0.15, 0.2) is 11.5 Å². The standard InChI is InChI=1S/C20H16FN3O3/c21-16-4-2-1-3-13(16)9-20(25)24-19-8-6-15(11-22-19)23-14-5-7-17-18(10-14)27-12-26-17/h1-8,10-11,23H,9,12H2,(H,22,24,25). The van der Waals surface area contributed by atoms with Crippen molar-refractivity contribution in [3.05, 3.63) is 72.2 Å². The fraction of sp³-hybridized carbons (Fsp3) is 0.100. The number of halogens is 1. The van der Waals surface area contributed by atoms with E-state index in [0.29, 0.717) is 22.9 Å². The summed E-state index contributed by atoms with van der Waals surface area (Å²) in [6.07, 6.45) is 1.55. The second-order valence-electron chi connectivity index (χ2n) is 5.94. The Morgan fingerprint density at radius 1 is 1.04 bits per heavy atom. The Hall–Kier alpha value is -3.61. The zero-order chi connectivity index (χ0) is 18.6. The van der Waals surface area contributed by atoms with Gasteiger partial charge in [0.05, 0.1) is 18.3 Å². The predicted molar refractivity (Wildman–Crippen MR) is 98.8 cm³/mol. The molecule has 2 N–H and O–H groups in total. The minimum absolute atomic E-state index is 0.0500. The van der Waals surface area contributed by atoms with Crippen LogP contribution in [-0.2, 0) is 11.2 Å². The van der Waals surface area contributed by atoms with Gasteiger partial charge in [-0.2, -0.15) is 0 Å². The predicted octanol–water partition coefficient (Wildman–Crippen LogP) is 3.87. The van der Waals surface area contributed by atoms with E-state index in [-0.39, 0.29) is 19.1 Å². The molecule has 136 valence electrons. The zero-order valence-electron chi connectivity index (χ0n) is 14.2. The number of aromatic nitrogens is 1. The van der Waals surface area contributed by atoms with Crippen LogP contribution in [0.4, 0.5) is 21.6 Å². The maximum Gasteiger partial charge on any atom is 0.231 e. The first kappa shape index (κ1) is 16.8. The summed E-state index contributed by atoms with van der Waals surface area (Å²) in [5.74, 6) is 1.07. The van der Waals surface area contributed by atoms with Gasteiger partial charge in [0.2, 0.25) is 12.7 Å². The van der Waals surface area contributed by atoms with Crippen LogP contribution in [0.3, 0.4) is 0 Å². The van der Waals surface area contributed by atoms with Gasteiger partial charge in [0.1, 0.15) is 11.6 Å². The first-order valence-electron chi connectivity index (χ1n) is 8.33. The van der Waals surface area contributed by atoms with Gasteiger partial charge < -0.3 is 20.1 Å². The van der Waals surface area contributed by atoms with Crippen LogP contribution < -0.4 is 20.1 Å². The minimum atomic E-state index is -0.399. The number of amides is 1. The summed E-state index contributed by atoms with van der Waals surface area (Å²) in [6.45, 7) is 0.224. The van der Waals surface area contributed by atoms with Gasteiger partial charge in [-0.1, -0.05) is 18.2 Å². The van der Waals surface area contributed by atoms with Gasteiger partial charge in [0.25, 0.3) is 0 Å². The molecule has 0 saturated heterocycles. The van der Waals surface area contributed by atoms with Crippen molar-refractivity contribution in [1.82, 2.24) is 4.98 Å². The molecule has 0 atom stereocenters. The molecular weight excluding hydrogens is 349 g/mol. The molecule has 0 saturated carbocycles. The van der Waals surface area contributed by atoms with Crippen LogP contribution in [0.25, 0.3) is 0 Å². The second-order valence-corrected chi connectivity index (χ2v) is 5.94. The Bertz CT molecular complexity index is 976. The van der Waals surface area contributed by atoms with Crippen LogP contribution >= 0.6 is 0 Å². The number of nitrogens with one attached hydrogen (secondary N) is 2. The summed E-state index contributed by atoms with van der Waals surface area (Å²) in [5.41, 5.74) is 1.93. The van der Waals surface area contributed by atoms with Crippen LogP contribution in [0, 0.1) is 5.82 Å². The average molecular weight is 365 g/mol. The van der Waals surface area contributed by atoms with Gasteiger partial charge in [-0.05, 0) is 35.9 Å². The number of hydrogen-bond acceptors (Lipinski definition) is 5. The Kier molecular flexibility index (Phi) is 4.57. The molecule has 4 rings (SSSR count). The lowest BCUT2D eigenvalue weighted by Crippen LogP contribution is -2.16. The highest BCUT2D eigenvalue weighted by Gasteiger charge is 2.13. The number of ether oxygens (including phenoxy) is 2. The molecular formula is C20H16FN3O3. The van der Waals surface area contributed by atoms with E-state index in [1.165, 1.54) is 6.07 Å². The molecule has 1 aromatic heterocycles.